The fourth-order valence-corrected chi connectivity index (χ4v) is 11.4. The van der Waals surface area contributed by atoms with Crippen LogP contribution in [-0.2, 0) is 52.4 Å². The van der Waals surface area contributed by atoms with Crippen LogP contribution in [0.3, 0.4) is 0 Å². The number of carbonyl (C=O) groups is 7. The van der Waals surface area contributed by atoms with Crippen molar-refractivity contribution in [3.05, 3.63) is 119 Å². The molecule has 3 aromatic rings. The van der Waals surface area contributed by atoms with E-state index in [1.165, 1.54) is 26.0 Å². The third-order valence-corrected chi connectivity index (χ3v) is 15.0. The fourth-order valence-electron chi connectivity index (χ4n) is 11.4. The first-order valence-corrected chi connectivity index (χ1v) is 23.2. The summed E-state index contributed by atoms with van der Waals surface area (Å²) in [6.07, 6.45) is -9.48. The molecular weight excluding hydrogens is 893 g/mol. The molecule has 3 aromatic carbocycles. The summed E-state index contributed by atoms with van der Waals surface area (Å²) >= 11 is 0. The smallest absolute Gasteiger partial charge is 0.350 e. The van der Waals surface area contributed by atoms with Gasteiger partial charge in [-0.25, -0.2) is 9.59 Å². The zero-order valence-electron chi connectivity index (χ0n) is 39.3. The zero-order chi connectivity index (χ0) is 49.6. The molecule has 2 bridgehead atoms. The number of ketones is 1. The van der Waals surface area contributed by atoms with Crippen LogP contribution in [0, 0.1) is 16.7 Å². The largest absolute Gasteiger partial charge is 0.455 e. The van der Waals surface area contributed by atoms with Crippen LogP contribution in [0.4, 0.5) is 0 Å². The van der Waals surface area contributed by atoms with Gasteiger partial charge >= 0.3 is 29.8 Å². The lowest BCUT2D eigenvalue weighted by molar-refractivity contribution is -0.346. The van der Waals surface area contributed by atoms with E-state index in [0.29, 0.717) is 24.9 Å². The minimum absolute atomic E-state index is 0.0175. The van der Waals surface area contributed by atoms with Crippen molar-refractivity contribution in [1.29, 1.82) is 0 Å². The molecule has 4 N–H and O–H groups in total. The maximum absolute atomic E-state index is 15.7. The van der Waals surface area contributed by atoms with Crippen molar-refractivity contribution in [3.63, 3.8) is 0 Å². The van der Waals surface area contributed by atoms with Gasteiger partial charge in [0.1, 0.15) is 36.0 Å². The van der Waals surface area contributed by atoms with Crippen LogP contribution in [0.1, 0.15) is 99.5 Å². The Kier molecular flexibility index (Phi) is 13.5. The van der Waals surface area contributed by atoms with E-state index in [2.05, 4.69) is 10.6 Å². The van der Waals surface area contributed by atoms with E-state index in [1.54, 1.807) is 92.7 Å². The third-order valence-electron chi connectivity index (χ3n) is 15.0. The molecule has 4 fully saturated rings. The number of Topliss-reactive ketones (excluding diaryl/α,β-unsaturated/α-hetero) is 1. The van der Waals surface area contributed by atoms with Gasteiger partial charge < -0.3 is 49.3 Å². The summed E-state index contributed by atoms with van der Waals surface area (Å²) in [5, 5.41) is 32.1. The van der Waals surface area contributed by atoms with Gasteiger partial charge in [-0.15, -0.1) is 0 Å². The highest BCUT2D eigenvalue weighted by Crippen LogP contribution is 2.64. The molecule has 17 heteroatoms. The predicted molar refractivity (Wildman–Crippen MR) is 243 cm³/mol. The second-order valence-corrected chi connectivity index (χ2v) is 19.4. The van der Waals surface area contributed by atoms with Gasteiger partial charge in [0.15, 0.2) is 17.5 Å². The molecule has 3 aliphatic carbocycles. The van der Waals surface area contributed by atoms with Crippen molar-refractivity contribution in [2.45, 2.75) is 127 Å². The van der Waals surface area contributed by atoms with Gasteiger partial charge in [0.2, 0.25) is 6.10 Å². The molecule has 17 nitrogen and oxygen atoms in total. The number of esters is 5. The first-order valence-electron chi connectivity index (χ1n) is 23.2. The van der Waals surface area contributed by atoms with Gasteiger partial charge in [0.05, 0.1) is 29.6 Å². The van der Waals surface area contributed by atoms with Gasteiger partial charge in [-0.1, -0.05) is 80.6 Å². The molecule has 2 aliphatic heterocycles. The Morgan fingerprint density at radius 2 is 1.46 bits per heavy atom. The highest BCUT2D eigenvalue weighted by Gasteiger charge is 2.78. The Labute approximate surface area is 399 Å². The highest BCUT2D eigenvalue weighted by molar-refractivity contribution is 5.96. The Hall–Kier alpha value is -6.27. The Bertz CT molecular complexity index is 2530. The Balaban J connectivity index is 1.30. The first kappa shape index (κ1) is 49.2. The van der Waals surface area contributed by atoms with E-state index in [0.717, 1.165) is 13.8 Å². The second kappa shape index (κ2) is 18.9. The Morgan fingerprint density at radius 3 is 2.03 bits per heavy atom. The van der Waals surface area contributed by atoms with Crippen LogP contribution in [-0.4, -0.2) is 119 Å². The van der Waals surface area contributed by atoms with E-state index in [9.17, 15) is 34.2 Å². The van der Waals surface area contributed by atoms with Crippen molar-refractivity contribution in [2.24, 2.45) is 16.7 Å². The van der Waals surface area contributed by atoms with Gasteiger partial charge in [0, 0.05) is 37.7 Å². The molecule has 0 radical (unpaired) electrons. The molecule has 0 spiro atoms. The fraction of sp³-hybridized carbons (Fsp3) is 0.481. The number of aliphatic hydroxyl groups excluding tert-OH is 1. The normalized spacial score (nSPS) is 31.9. The summed E-state index contributed by atoms with van der Waals surface area (Å²) in [4.78, 5) is 99.5. The number of rotatable bonds is 12. The van der Waals surface area contributed by atoms with Gasteiger partial charge in [0.25, 0.3) is 5.91 Å². The summed E-state index contributed by atoms with van der Waals surface area (Å²) in [7, 11) is 0. The molecule has 1 amide bonds. The molecule has 8 rings (SSSR count). The van der Waals surface area contributed by atoms with Crippen molar-refractivity contribution < 1.29 is 72.2 Å². The predicted octanol–water partition coefficient (Wildman–Crippen LogP) is 4.04. The second-order valence-electron chi connectivity index (χ2n) is 19.4. The lowest BCUT2D eigenvalue weighted by atomic mass is 9.44. The Morgan fingerprint density at radius 1 is 0.841 bits per heavy atom. The van der Waals surface area contributed by atoms with Gasteiger partial charge in [-0.2, -0.15) is 0 Å². The summed E-state index contributed by atoms with van der Waals surface area (Å²) in [5.74, 6) is -7.65. The molecule has 1 unspecified atom stereocenters. The topological polar surface area (TPSA) is 239 Å². The summed E-state index contributed by atoms with van der Waals surface area (Å²) in [5.41, 5.74) is -7.21. The molecule has 366 valence electrons. The van der Waals surface area contributed by atoms with Crippen molar-refractivity contribution in [2.75, 3.05) is 13.2 Å². The number of amides is 1. The minimum Gasteiger partial charge on any atom is -0.455 e. The van der Waals surface area contributed by atoms with E-state index in [-0.39, 0.29) is 35.3 Å². The van der Waals surface area contributed by atoms with Crippen molar-refractivity contribution in [3.8, 4) is 0 Å². The van der Waals surface area contributed by atoms with Crippen molar-refractivity contribution in [1.82, 2.24) is 10.6 Å². The van der Waals surface area contributed by atoms with E-state index >= 15 is 9.59 Å². The summed E-state index contributed by atoms with van der Waals surface area (Å²) in [6.45, 7) is 8.50. The molecule has 12 atom stereocenters. The monoisotopic (exact) mass is 950 g/mol. The molecule has 0 aromatic heterocycles. The standard InChI is InChI=1S/C52H58N2O15/c1-28-35(66-48(62)41(67-47(61)34-23-16-24-53-34)39(31-17-10-7-11-18-31)54-45(59)32-19-12-8-13-20-32)26-52(63)44(68-46(60)33-21-14-9-15-22-33)42-50(6,36(57)25-37-51(42,27-64-37)69-30(3)56)43(58)40(65-29(2)55)38(28)49(52,4)5/h7-15,17-22,34-37,39-42,44,53,57,63H,16,23-27H2,1-6H3,(H,54,59)/t34?,35-,36-,37+,39-,40+,41+,42-,44-,50+,51-,52-/m0/s1. The van der Waals surface area contributed by atoms with Crippen molar-refractivity contribution >= 4 is 41.5 Å². The molecule has 5 aliphatic rings. The van der Waals surface area contributed by atoms with E-state index in [1.807, 2.05) is 0 Å². The van der Waals surface area contributed by atoms with Gasteiger partial charge in [-0.05, 0) is 74.2 Å². The third kappa shape index (κ3) is 8.63. The number of hydrogen-bond acceptors (Lipinski definition) is 16. The number of carbonyl (C=O) groups excluding carboxylic acids is 7. The van der Waals surface area contributed by atoms with Crippen LogP contribution >= 0.6 is 0 Å². The number of aliphatic hydroxyl groups is 2. The number of ether oxygens (including phenoxy) is 6. The molecule has 2 saturated heterocycles. The SMILES string of the molecule is CC(=O)O[C@H]1C(=O)[C@@]2(C)[C@H]([C@H](OC(=O)c3ccccc3)[C@@]3(O)C[C@H](OC(=O)[C@H](OC(=O)C4CCCN4)[C@@H](NC(=O)c4ccccc4)c4ccccc4)C(C)=C1C3(C)C)[C@]1(OC(C)=O)CO[C@@H]1C[C@@H]2O. The number of hydrogen-bond donors (Lipinski definition) is 4. The first-order chi connectivity index (χ1) is 32.7. The highest BCUT2D eigenvalue weighted by atomic mass is 16.6. The van der Waals surface area contributed by atoms with Crippen LogP contribution in [0.15, 0.2) is 102 Å². The number of benzene rings is 3. The van der Waals surface area contributed by atoms with E-state index < -0.39 is 125 Å². The zero-order valence-corrected chi connectivity index (χ0v) is 39.3. The van der Waals surface area contributed by atoms with Crippen LogP contribution in [0.2, 0.25) is 0 Å². The average molecular weight is 951 g/mol. The minimum atomic E-state index is -2.44. The maximum atomic E-state index is 15.7. The lowest BCUT2D eigenvalue weighted by Crippen LogP contribution is -2.82. The van der Waals surface area contributed by atoms with Gasteiger partial charge in [-0.3, -0.25) is 24.0 Å². The average Bonchev–Trinajstić information content (AvgIpc) is 3.87. The summed E-state index contributed by atoms with van der Waals surface area (Å²) in [6, 6.07) is 22.3. The molecule has 69 heavy (non-hydrogen) atoms. The van der Waals surface area contributed by atoms with Crippen LogP contribution in [0.25, 0.3) is 0 Å². The van der Waals surface area contributed by atoms with Crippen LogP contribution < -0.4 is 10.6 Å². The summed E-state index contributed by atoms with van der Waals surface area (Å²) < 4.78 is 36.9. The molecule has 2 heterocycles. The molecular formula is C52H58N2O15. The van der Waals surface area contributed by atoms with E-state index in [4.69, 9.17) is 28.4 Å². The number of fused-ring (bicyclic) bond motifs is 5. The van der Waals surface area contributed by atoms with Crippen LogP contribution in [0.5, 0.6) is 0 Å². The number of nitrogens with one attached hydrogen (secondary N) is 2. The lowest BCUT2D eigenvalue weighted by Gasteiger charge is -2.67. The quantitative estimate of drug-likeness (QED) is 0.114. The molecule has 2 saturated carbocycles. The maximum Gasteiger partial charge on any atom is 0.350 e.